The van der Waals surface area contributed by atoms with Crippen molar-refractivity contribution in [3.8, 4) is 0 Å². The van der Waals surface area contributed by atoms with E-state index in [1.165, 1.54) is 11.9 Å². The zero-order valence-corrected chi connectivity index (χ0v) is 12.6. The number of aliphatic carboxylic acids is 1. The lowest BCUT2D eigenvalue weighted by atomic mass is 10.0. The molecule has 2 N–H and O–H groups in total. The van der Waals surface area contributed by atoms with Crippen LogP contribution in [0.4, 0.5) is 0 Å². The third-order valence-corrected chi connectivity index (χ3v) is 5.72. The van der Waals surface area contributed by atoms with Crippen molar-refractivity contribution in [2.45, 2.75) is 18.5 Å². The first-order chi connectivity index (χ1) is 9.80. The fraction of sp³-hybridized carbons (Fsp3) is 0.833. The van der Waals surface area contributed by atoms with Crippen LogP contribution < -0.4 is 5.32 Å². The zero-order valence-electron chi connectivity index (χ0n) is 11.8. The summed E-state index contributed by atoms with van der Waals surface area (Å²) in [6, 6.07) is -0.917. The van der Waals surface area contributed by atoms with Crippen LogP contribution in [0.5, 0.6) is 0 Å². The number of carbonyl (C=O) groups is 2. The fourth-order valence-corrected chi connectivity index (χ4v) is 4.14. The van der Waals surface area contributed by atoms with E-state index in [0.717, 1.165) is 0 Å². The number of amides is 1. The highest BCUT2D eigenvalue weighted by Crippen LogP contribution is 2.20. The van der Waals surface area contributed by atoms with Crippen molar-refractivity contribution in [1.82, 2.24) is 10.2 Å². The van der Waals surface area contributed by atoms with Crippen LogP contribution in [0.15, 0.2) is 0 Å². The molecule has 0 aliphatic carbocycles. The number of carboxylic acid groups (broad SMARTS) is 1. The number of carbonyl (C=O) groups excluding carboxylic acids is 1. The Bertz CT molecular complexity index is 520. The molecule has 0 spiro atoms. The summed E-state index contributed by atoms with van der Waals surface area (Å²) in [6.45, 7) is 0.623. The minimum absolute atomic E-state index is 0.0402. The second kappa shape index (κ2) is 6.29. The number of nitrogens with zero attached hydrogens (tertiary/aromatic N) is 1. The van der Waals surface area contributed by atoms with Gasteiger partial charge in [-0.2, -0.15) is 0 Å². The molecule has 8 nitrogen and oxygen atoms in total. The summed E-state index contributed by atoms with van der Waals surface area (Å²) >= 11 is 0. The molecule has 3 unspecified atom stereocenters. The van der Waals surface area contributed by atoms with E-state index in [1.54, 1.807) is 0 Å². The van der Waals surface area contributed by atoms with Crippen LogP contribution in [0, 0.1) is 5.92 Å². The molecule has 2 rings (SSSR count). The van der Waals surface area contributed by atoms with E-state index < -0.39 is 33.8 Å². The number of likely N-dealkylation sites (N-methyl/N-ethyl adjacent to an activating group) is 1. The Balaban J connectivity index is 1.95. The monoisotopic (exact) mass is 320 g/mol. The highest BCUT2D eigenvalue weighted by atomic mass is 32.2. The molecule has 0 aromatic rings. The highest BCUT2D eigenvalue weighted by Gasteiger charge is 2.39. The third-order valence-electron chi connectivity index (χ3n) is 3.98. The van der Waals surface area contributed by atoms with Crippen LogP contribution in [0.1, 0.15) is 6.42 Å². The minimum Gasteiger partial charge on any atom is -0.481 e. The summed E-state index contributed by atoms with van der Waals surface area (Å²) in [5.74, 6) is -1.97. The van der Waals surface area contributed by atoms with E-state index in [9.17, 15) is 18.0 Å². The molecule has 0 radical (unpaired) electrons. The maximum Gasteiger partial charge on any atom is 0.311 e. The highest BCUT2D eigenvalue weighted by molar-refractivity contribution is 7.91. The van der Waals surface area contributed by atoms with Gasteiger partial charge < -0.3 is 20.1 Å². The molecule has 2 saturated heterocycles. The lowest BCUT2D eigenvalue weighted by molar-refractivity contribution is -0.144. The van der Waals surface area contributed by atoms with Gasteiger partial charge in [-0.15, -0.1) is 0 Å². The van der Waals surface area contributed by atoms with Crippen LogP contribution >= 0.6 is 0 Å². The number of carboxylic acids is 1. The smallest absolute Gasteiger partial charge is 0.311 e. The molecule has 0 aromatic heterocycles. The maximum absolute atomic E-state index is 12.2. The van der Waals surface area contributed by atoms with Crippen molar-refractivity contribution in [2.75, 3.05) is 38.3 Å². The Labute approximate surface area is 123 Å². The van der Waals surface area contributed by atoms with Gasteiger partial charge in [0.1, 0.15) is 5.92 Å². The first-order valence-electron chi connectivity index (χ1n) is 6.80. The normalized spacial score (nSPS) is 31.8. The van der Waals surface area contributed by atoms with Crippen molar-refractivity contribution in [1.29, 1.82) is 0 Å². The molecule has 21 heavy (non-hydrogen) atoms. The molecular weight excluding hydrogens is 300 g/mol. The number of ether oxygens (including phenoxy) is 1. The van der Waals surface area contributed by atoms with Crippen LogP contribution in [-0.4, -0.2) is 80.7 Å². The van der Waals surface area contributed by atoms with E-state index in [-0.39, 0.29) is 37.0 Å². The van der Waals surface area contributed by atoms with Gasteiger partial charge in [-0.1, -0.05) is 0 Å². The Kier molecular flexibility index (Phi) is 4.84. The second-order valence-corrected chi connectivity index (χ2v) is 7.75. The van der Waals surface area contributed by atoms with Gasteiger partial charge in [-0.05, 0) is 0 Å². The molecule has 1 amide bonds. The molecule has 0 saturated carbocycles. The predicted molar refractivity (Wildman–Crippen MR) is 73.6 cm³/mol. The van der Waals surface area contributed by atoms with Crippen molar-refractivity contribution in [3.05, 3.63) is 0 Å². The first kappa shape index (κ1) is 16.2. The second-order valence-electron chi connectivity index (χ2n) is 5.52. The molecule has 0 aromatic carbocycles. The van der Waals surface area contributed by atoms with Gasteiger partial charge in [-0.3, -0.25) is 9.59 Å². The summed E-state index contributed by atoms with van der Waals surface area (Å²) in [5, 5.41) is 12.1. The largest absolute Gasteiger partial charge is 0.481 e. The molecule has 120 valence electrons. The van der Waals surface area contributed by atoms with E-state index in [0.29, 0.717) is 6.54 Å². The molecule has 9 heteroatoms. The van der Waals surface area contributed by atoms with Gasteiger partial charge in [0.2, 0.25) is 5.91 Å². The fourth-order valence-electron chi connectivity index (χ4n) is 2.70. The van der Waals surface area contributed by atoms with Crippen LogP contribution in [0.2, 0.25) is 0 Å². The van der Waals surface area contributed by atoms with E-state index >= 15 is 0 Å². The van der Waals surface area contributed by atoms with Gasteiger partial charge in [0, 0.05) is 26.1 Å². The van der Waals surface area contributed by atoms with Crippen LogP contribution in [-0.2, 0) is 24.2 Å². The van der Waals surface area contributed by atoms with Gasteiger partial charge in [0.15, 0.2) is 9.84 Å². The molecule has 2 fully saturated rings. The van der Waals surface area contributed by atoms with Crippen LogP contribution in [0.3, 0.4) is 0 Å². The lowest BCUT2D eigenvalue weighted by Crippen LogP contribution is -2.50. The quantitative estimate of drug-likeness (QED) is 0.636. The summed E-state index contributed by atoms with van der Waals surface area (Å²) in [5.41, 5.74) is 0. The third kappa shape index (κ3) is 3.92. The maximum atomic E-state index is 12.2. The summed E-state index contributed by atoms with van der Waals surface area (Å²) in [6.07, 6.45) is 0.0402. The first-order valence-corrected chi connectivity index (χ1v) is 8.62. The number of rotatable bonds is 4. The molecule has 2 aliphatic heterocycles. The van der Waals surface area contributed by atoms with Gasteiger partial charge in [0.25, 0.3) is 0 Å². The van der Waals surface area contributed by atoms with E-state index in [1.807, 2.05) is 0 Å². The Morgan fingerprint density at radius 2 is 2.10 bits per heavy atom. The SMILES string of the molecule is CN(C(=O)CC1CS(=O)(=O)CCN1)C1COCC1C(=O)O. The number of sulfone groups is 1. The summed E-state index contributed by atoms with van der Waals surface area (Å²) < 4.78 is 28.2. The standard InChI is InChI=1S/C12H20N2O6S/c1-14(10-6-20-5-9(10)12(16)17)11(15)4-8-7-21(18,19)3-2-13-8/h8-10,13H,2-7H2,1H3,(H,16,17). The molecular formula is C12H20N2O6S. The Morgan fingerprint density at radius 3 is 2.71 bits per heavy atom. The Morgan fingerprint density at radius 1 is 1.38 bits per heavy atom. The molecule has 2 aliphatic rings. The average Bonchev–Trinajstić information content (AvgIpc) is 2.85. The lowest BCUT2D eigenvalue weighted by Gasteiger charge is -2.29. The minimum atomic E-state index is -3.10. The van der Waals surface area contributed by atoms with Crippen molar-refractivity contribution in [2.24, 2.45) is 5.92 Å². The van der Waals surface area contributed by atoms with Crippen molar-refractivity contribution < 1.29 is 27.9 Å². The summed E-state index contributed by atoms with van der Waals surface area (Å²) in [4.78, 5) is 24.7. The molecule has 3 atom stereocenters. The predicted octanol–water partition coefficient (Wildman–Crippen LogP) is -1.68. The number of nitrogens with one attached hydrogen (secondary N) is 1. The zero-order chi connectivity index (χ0) is 15.6. The van der Waals surface area contributed by atoms with E-state index in [2.05, 4.69) is 5.32 Å². The average molecular weight is 320 g/mol. The molecule has 2 heterocycles. The van der Waals surface area contributed by atoms with E-state index in [4.69, 9.17) is 9.84 Å². The molecule has 0 bridgehead atoms. The van der Waals surface area contributed by atoms with Gasteiger partial charge in [0.05, 0.1) is 30.8 Å². The number of hydrogen-bond donors (Lipinski definition) is 2. The Hall–Kier alpha value is -1.19. The van der Waals surface area contributed by atoms with Gasteiger partial charge >= 0.3 is 5.97 Å². The van der Waals surface area contributed by atoms with Crippen molar-refractivity contribution in [3.63, 3.8) is 0 Å². The van der Waals surface area contributed by atoms with Gasteiger partial charge in [-0.25, -0.2) is 8.42 Å². The number of hydrogen-bond acceptors (Lipinski definition) is 6. The van der Waals surface area contributed by atoms with Crippen LogP contribution in [0.25, 0.3) is 0 Å². The van der Waals surface area contributed by atoms with Crippen molar-refractivity contribution >= 4 is 21.7 Å². The summed E-state index contributed by atoms with van der Waals surface area (Å²) in [7, 11) is -1.56. The topological polar surface area (TPSA) is 113 Å².